The average Bonchev–Trinajstić information content (AvgIpc) is 3.12. The molecule has 0 aliphatic carbocycles. The van der Waals surface area contributed by atoms with Crippen molar-refractivity contribution < 1.29 is 4.52 Å². The Morgan fingerprint density at radius 2 is 2.08 bits per heavy atom. The number of thiazole rings is 1. The largest absolute Gasteiger partial charge is 0.357 e. The van der Waals surface area contributed by atoms with Crippen LogP contribution in [0.15, 0.2) is 14.9 Å². The van der Waals surface area contributed by atoms with Crippen LogP contribution < -0.4 is 10.6 Å². The first-order valence-corrected chi connectivity index (χ1v) is 8.77. The normalized spacial score (nSPS) is 11.2. The molecule has 7 nitrogen and oxygen atoms in total. The zero-order chi connectivity index (χ0) is 16.5. The van der Waals surface area contributed by atoms with Crippen LogP contribution >= 0.6 is 35.3 Å². The minimum atomic E-state index is 0. The first-order valence-electron chi connectivity index (χ1n) is 7.89. The molecule has 0 aliphatic rings. The van der Waals surface area contributed by atoms with E-state index in [-0.39, 0.29) is 24.0 Å². The fourth-order valence-corrected chi connectivity index (χ4v) is 2.68. The van der Waals surface area contributed by atoms with E-state index in [4.69, 9.17) is 4.52 Å². The van der Waals surface area contributed by atoms with Crippen LogP contribution in [0.4, 0.5) is 0 Å². The third kappa shape index (κ3) is 7.56. The molecule has 2 N–H and O–H groups in total. The summed E-state index contributed by atoms with van der Waals surface area (Å²) in [5.41, 5.74) is 1.13. The molecule has 2 aromatic heterocycles. The molecular weight excluding hydrogens is 439 g/mol. The molecule has 134 valence electrons. The van der Waals surface area contributed by atoms with Gasteiger partial charge in [-0.3, -0.25) is 4.99 Å². The lowest BCUT2D eigenvalue weighted by Gasteiger charge is -2.10. The van der Waals surface area contributed by atoms with Crippen molar-refractivity contribution in [2.45, 2.75) is 40.0 Å². The molecule has 0 aliphatic heterocycles. The first-order chi connectivity index (χ1) is 11.2. The fraction of sp³-hybridized carbons (Fsp3) is 0.600. The number of nitrogens with zero attached hydrogens (tertiary/aromatic N) is 4. The summed E-state index contributed by atoms with van der Waals surface area (Å²) in [5, 5.41) is 13.6. The van der Waals surface area contributed by atoms with Crippen molar-refractivity contribution in [3.05, 3.63) is 27.8 Å². The van der Waals surface area contributed by atoms with Gasteiger partial charge in [-0.1, -0.05) is 5.16 Å². The molecule has 9 heteroatoms. The molecule has 0 aromatic carbocycles. The van der Waals surface area contributed by atoms with Crippen LogP contribution in [-0.4, -0.2) is 40.7 Å². The van der Waals surface area contributed by atoms with E-state index < -0.39 is 0 Å². The molecule has 2 rings (SSSR count). The second-order valence-electron chi connectivity index (χ2n) is 5.13. The Morgan fingerprint density at radius 1 is 1.25 bits per heavy atom. The van der Waals surface area contributed by atoms with Crippen molar-refractivity contribution in [2.75, 3.05) is 19.6 Å². The molecule has 0 saturated heterocycles. The number of guanidine groups is 1. The standard InChI is InChI=1S/C15H24N6OS.HI/c1-4-16-15(18-9-7-13-10-23-12(3)20-13)17-8-5-6-14-19-11(2)21-22-14;/h10H,4-9H2,1-3H3,(H2,16,17,18);1H. The van der Waals surface area contributed by atoms with E-state index in [1.54, 1.807) is 11.3 Å². The zero-order valence-electron chi connectivity index (χ0n) is 14.3. The lowest BCUT2D eigenvalue weighted by atomic mass is 10.3. The molecule has 0 radical (unpaired) electrons. The number of nitrogens with one attached hydrogen (secondary N) is 2. The smallest absolute Gasteiger partial charge is 0.226 e. The fourth-order valence-electron chi connectivity index (χ4n) is 2.04. The van der Waals surface area contributed by atoms with Gasteiger partial charge in [0.1, 0.15) is 0 Å². The zero-order valence-corrected chi connectivity index (χ0v) is 17.5. The van der Waals surface area contributed by atoms with Crippen molar-refractivity contribution in [3.8, 4) is 0 Å². The number of aromatic nitrogens is 3. The van der Waals surface area contributed by atoms with E-state index in [9.17, 15) is 0 Å². The van der Waals surface area contributed by atoms with Gasteiger partial charge >= 0.3 is 0 Å². The Balaban J connectivity index is 0.00000288. The summed E-state index contributed by atoms with van der Waals surface area (Å²) in [6, 6.07) is 0. The number of aliphatic imine (C=N–C) groups is 1. The average molecular weight is 464 g/mol. The van der Waals surface area contributed by atoms with E-state index in [1.165, 1.54) is 0 Å². The number of hydrogen-bond donors (Lipinski definition) is 2. The number of hydrogen-bond acceptors (Lipinski definition) is 6. The molecule has 0 bridgehead atoms. The Bertz CT molecular complexity index is 627. The second-order valence-corrected chi connectivity index (χ2v) is 6.20. The molecule has 0 amide bonds. The third-order valence-electron chi connectivity index (χ3n) is 3.07. The predicted molar refractivity (Wildman–Crippen MR) is 107 cm³/mol. The van der Waals surface area contributed by atoms with Gasteiger partial charge in [0.2, 0.25) is 5.89 Å². The molecule has 0 atom stereocenters. The first kappa shape index (κ1) is 20.8. The molecule has 0 spiro atoms. The molecule has 0 unspecified atom stereocenters. The van der Waals surface area contributed by atoms with Gasteiger partial charge in [-0.25, -0.2) is 4.98 Å². The summed E-state index contributed by atoms with van der Waals surface area (Å²) in [7, 11) is 0. The highest BCUT2D eigenvalue weighted by molar-refractivity contribution is 14.0. The van der Waals surface area contributed by atoms with E-state index in [0.29, 0.717) is 18.3 Å². The Kier molecular flexibility index (Phi) is 9.84. The van der Waals surface area contributed by atoms with Gasteiger partial charge in [-0.15, -0.1) is 35.3 Å². The highest BCUT2D eigenvalue weighted by Crippen LogP contribution is 2.07. The van der Waals surface area contributed by atoms with E-state index in [0.717, 1.165) is 49.0 Å². The molecular formula is C15H25IN6OS. The van der Waals surface area contributed by atoms with Crippen LogP contribution in [0.1, 0.15) is 35.8 Å². The maximum absolute atomic E-state index is 5.09. The topological polar surface area (TPSA) is 88.2 Å². The number of aryl methyl sites for hydroxylation is 3. The van der Waals surface area contributed by atoms with Gasteiger partial charge in [-0.05, 0) is 27.2 Å². The second kappa shape index (κ2) is 11.3. The Hall–Kier alpha value is -1.23. The van der Waals surface area contributed by atoms with Gasteiger partial charge < -0.3 is 15.2 Å². The Labute approximate surface area is 163 Å². The lowest BCUT2D eigenvalue weighted by Crippen LogP contribution is -2.38. The summed E-state index contributed by atoms with van der Waals surface area (Å²) in [6.45, 7) is 8.28. The summed E-state index contributed by atoms with van der Waals surface area (Å²) >= 11 is 1.69. The van der Waals surface area contributed by atoms with Gasteiger partial charge in [0.15, 0.2) is 11.8 Å². The van der Waals surface area contributed by atoms with E-state index in [2.05, 4.69) is 43.1 Å². The number of rotatable bonds is 8. The van der Waals surface area contributed by atoms with Gasteiger partial charge in [0, 0.05) is 37.9 Å². The van der Waals surface area contributed by atoms with Crippen LogP contribution in [0.5, 0.6) is 0 Å². The van der Waals surface area contributed by atoms with Crippen LogP contribution in [0.2, 0.25) is 0 Å². The number of halogens is 1. The Morgan fingerprint density at radius 3 is 2.71 bits per heavy atom. The van der Waals surface area contributed by atoms with Crippen molar-refractivity contribution >= 4 is 41.3 Å². The molecule has 0 fully saturated rings. The van der Waals surface area contributed by atoms with Crippen molar-refractivity contribution in [1.82, 2.24) is 25.8 Å². The van der Waals surface area contributed by atoms with Gasteiger partial charge in [-0.2, -0.15) is 4.98 Å². The predicted octanol–water partition coefficient (Wildman–Crippen LogP) is 2.49. The van der Waals surface area contributed by atoms with Crippen LogP contribution in [0.25, 0.3) is 0 Å². The third-order valence-corrected chi connectivity index (χ3v) is 3.90. The lowest BCUT2D eigenvalue weighted by molar-refractivity contribution is 0.372. The van der Waals surface area contributed by atoms with Crippen LogP contribution in [0, 0.1) is 13.8 Å². The van der Waals surface area contributed by atoms with E-state index >= 15 is 0 Å². The summed E-state index contributed by atoms with van der Waals surface area (Å²) < 4.78 is 5.09. The minimum absolute atomic E-state index is 0. The van der Waals surface area contributed by atoms with Crippen molar-refractivity contribution in [1.29, 1.82) is 0 Å². The van der Waals surface area contributed by atoms with Crippen molar-refractivity contribution in [2.24, 2.45) is 4.99 Å². The minimum Gasteiger partial charge on any atom is -0.357 e. The van der Waals surface area contributed by atoms with Crippen LogP contribution in [-0.2, 0) is 12.8 Å². The van der Waals surface area contributed by atoms with Crippen LogP contribution in [0.3, 0.4) is 0 Å². The maximum atomic E-state index is 5.09. The molecule has 2 heterocycles. The molecule has 0 saturated carbocycles. The molecule has 2 aromatic rings. The van der Waals surface area contributed by atoms with Crippen molar-refractivity contribution in [3.63, 3.8) is 0 Å². The molecule has 24 heavy (non-hydrogen) atoms. The van der Waals surface area contributed by atoms with Gasteiger partial charge in [0.05, 0.1) is 10.7 Å². The monoisotopic (exact) mass is 464 g/mol. The summed E-state index contributed by atoms with van der Waals surface area (Å²) in [6.07, 6.45) is 2.53. The SMILES string of the molecule is CCNC(=NCCCc1nc(C)no1)NCCc1csc(C)n1.I. The highest BCUT2D eigenvalue weighted by Gasteiger charge is 2.03. The maximum Gasteiger partial charge on any atom is 0.226 e. The van der Waals surface area contributed by atoms with E-state index in [1.807, 2.05) is 13.8 Å². The summed E-state index contributed by atoms with van der Waals surface area (Å²) in [4.78, 5) is 13.2. The highest BCUT2D eigenvalue weighted by atomic mass is 127. The summed E-state index contributed by atoms with van der Waals surface area (Å²) in [5.74, 6) is 2.19. The quantitative estimate of drug-likeness (QED) is 0.270. The van der Waals surface area contributed by atoms with Gasteiger partial charge in [0.25, 0.3) is 0 Å².